The minimum Gasteiger partial charge on any atom is -0.289 e. The van der Waals surface area contributed by atoms with Crippen molar-refractivity contribution >= 4 is 22.8 Å². The predicted molar refractivity (Wildman–Crippen MR) is 58.2 cm³/mol. The summed E-state index contributed by atoms with van der Waals surface area (Å²) < 4.78 is 0. The smallest absolute Gasteiger partial charge is 0.279 e. The van der Waals surface area contributed by atoms with Gasteiger partial charge in [-0.25, -0.2) is 5.10 Å². The summed E-state index contributed by atoms with van der Waals surface area (Å²) in [5.41, 5.74) is 1.02. The second kappa shape index (κ2) is 3.67. The van der Waals surface area contributed by atoms with E-state index in [0.717, 1.165) is 5.52 Å². The average molecular weight is 229 g/mol. The van der Waals surface area contributed by atoms with Gasteiger partial charge < -0.3 is 0 Å². The van der Waals surface area contributed by atoms with E-state index in [1.807, 2.05) is 0 Å². The topological polar surface area (TPSA) is 112 Å². The van der Waals surface area contributed by atoms with Crippen molar-refractivity contribution in [1.82, 2.24) is 30.4 Å². The van der Waals surface area contributed by atoms with Crippen molar-refractivity contribution in [2.45, 2.75) is 0 Å². The van der Waals surface area contributed by atoms with Crippen LogP contribution in [-0.2, 0) is 0 Å². The van der Waals surface area contributed by atoms with Crippen LogP contribution in [0.2, 0.25) is 0 Å². The quantitative estimate of drug-likeness (QED) is 0.586. The zero-order valence-corrected chi connectivity index (χ0v) is 8.51. The van der Waals surface area contributed by atoms with E-state index in [-0.39, 0.29) is 17.5 Å². The monoisotopic (exact) mass is 229 g/mol. The molecule has 0 bridgehead atoms. The van der Waals surface area contributed by atoms with E-state index in [9.17, 15) is 4.79 Å². The van der Waals surface area contributed by atoms with Crippen molar-refractivity contribution in [2.75, 3.05) is 5.32 Å². The van der Waals surface area contributed by atoms with Crippen molar-refractivity contribution in [3.8, 4) is 0 Å². The number of carbonyl (C=O) groups excluding carboxylic acids is 1. The zero-order chi connectivity index (χ0) is 11.7. The van der Waals surface area contributed by atoms with Gasteiger partial charge in [0.2, 0.25) is 5.95 Å². The van der Waals surface area contributed by atoms with Crippen molar-refractivity contribution in [2.24, 2.45) is 0 Å². The fraction of sp³-hybridized carbons (Fsp3) is 0. The molecule has 3 heterocycles. The lowest BCUT2D eigenvalue weighted by Crippen LogP contribution is -2.13. The number of rotatable bonds is 2. The largest absolute Gasteiger partial charge is 0.289 e. The molecule has 84 valence electrons. The van der Waals surface area contributed by atoms with Gasteiger partial charge in [0, 0.05) is 12.4 Å². The van der Waals surface area contributed by atoms with E-state index in [2.05, 4.69) is 35.7 Å². The number of hydrogen-bond acceptors (Lipinski definition) is 5. The Labute approximate surface area is 94.5 Å². The molecule has 3 aromatic heterocycles. The second-order valence-electron chi connectivity index (χ2n) is 3.28. The molecule has 0 fully saturated rings. The van der Waals surface area contributed by atoms with Gasteiger partial charge in [0.05, 0.1) is 10.9 Å². The molecule has 0 spiro atoms. The Hall–Kier alpha value is -2.77. The molecule has 8 nitrogen and oxygen atoms in total. The highest BCUT2D eigenvalue weighted by Crippen LogP contribution is 2.14. The minimum atomic E-state index is -0.374. The third-order valence-electron chi connectivity index (χ3n) is 2.23. The molecule has 0 atom stereocenters. The molecule has 1 amide bonds. The fourth-order valence-corrected chi connectivity index (χ4v) is 1.46. The number of aromatic amines is 2. The van der Waals surface area contributed by atoms with E-state index in [0.29, 0.717) is 5.39 Å². The molecule has 0 aliphatic heterocycles. The third-order valence-corrected chi connectivity index (χ3v) is 2.23. The lowest BCUT2D eigenvalue weighted by Gasteiger charge is -1.97. The Bertz CT molecular complexity index is 657. The number of nitrogens with zero attached hydrogens (tertiary/aromatic N) is 4. The summed E-state index contributed by atoms with van der Waals surface area (Å²) in [6.07, 6.45) is 4.51. The molecule has 0 aromatic carbocycles. The Morgan fingerprint density at radius 1 is 1.35 bits per heavy atom. The molecular formula is C9H7N7O. The van der Waals surface area contributed by atoms with E-state index >= 15 is 0 Å². The molecule has 0 saturated heterocycles. The molecule has 3 rings (SSSR count). The number of anilines is 1. The maximum Gasteiger partial charge on any atom is 0.279 e. The van der Waals surface area contributed by atoms with E-state index in [1.165, 1.54) is 6.33 Å². The number of nitrogens with one attached hydrogen (secondary N) is 3. The molecule has 0 aliphatic carbocycles. The first-order valence-corrected chi connectivity index (χ1v) is 4.79. The number of H-pyrrole nitrogens is 2. The summed E-state index contributed by atoms with van der Waals surface area (Å²) in [6.45, 7) is 0. The zero-order valence-electron chi connectivity index (χ0n) is 8.51. The van der Waals surface area contributed by atoms with Gasteiger partial charge in [0.25, 0.3) is 5.91 Å². The lowest BCUT2D eigenvalue weighted by molar-refractivity contribution is 0.102. The summed E-state index contributed by atoms with van der Waals surface area (Å²) in [5.74, 6) is -0.101. The maximum atomic E-state index is 11.9. The first kappa shape index (κ1) is 9.46. The second-order valence-corrected chi connectivity index (χ2v) is 3.28. The Kier molecular flexibility index (Phi) is 2.04. The standard InChI is InChI=1S/C9H7N7O/c17-8(13-9-11-4-12-16-9)7-5-3-10-2-1-6(5)14-15-7/h1-4H,(H,14,15)(H2,11,12,13,16,17). The van der Waals surface area contributed by atoms with Crippen molar-refractivity contribution in [3.63, 3.8) is 0 Å². The van der Waals surface area contributed by atoms with Crippen molar-refractivity contribution in [1.29, 1.82) is 0 Å². The number of carbonyl (C=O) groups is 1. The number of pyridine rings is 1. The minimum absolute atomic E-state index is 0.268. The Morgan fingerprint density at radius 2 is 2.29 bits per heavy atom. The first-order valence-electron chi connectivity index (χ1n) is 4.79. The Balaban J connectivity index is 1.96. The molecule has 0 radical (unpaired) electrons. The van der Waals surface area contributed by atoms with Gasteiger partial charge in [-0.15, -0.1) is 0 Å². The summed E-state index contributed by atoms with van der Waals surface area (Å²) in [6, 6.07) is 1.74. The lowest BCUT2D eigenvalue weighted by atomic mass is 10.2. The number of fused-ring (bicyclic) bond motifs is 1. The van der Waals surface area contributed by atoms with Crippen molar-refractivity contribution < 1.29 is 4.79 Å². The highest BCUT2D eigenvalue weighted by atomic mass is 16.2. The SMILES string of the molecule is O=C(Nc1ncn[nH]1)c1n[nH]c2ccncc12. The van der Waals surface area contributed by atoms with Crippen LogP contribution in [0.1, 0.15) is 10.5 Å². The van der Waals surface area contributed by atoms with Gasteiger partial charge >= 0.3 is 0 Å². The van der Waals surface area contributed by atoms with Crippen LogP contribution in [0.5, 0.6) is 0 Å². The molecule has 0 aliphatic rings. The summed E-state index contributed by atoms with van der Waals surface area (Å²) in [7, 11) is 0. The van der Waals surface area contributed by atoms with E-state index in [4.69, 9.17) is 0 Å². The number of aromatic nitrogens is 6. The number of amides is 1. The molecule has 8 heteroatoms. The van der Waals surface area contributed by atoms with Crippen LogP contribution in [0.25, 0.3) is 10.9 Å². The van der Waals surface area contributed by atoms with Crippen molar-refractivity contribution in [3.05, 3.63) is 30.5 Å². The first-order chi connectivity index (χ1) is 8.34. The van der Waals surface area contributed by atoms with Gasteiger partial charge in [0.15, 0.2) is 5.69 Å². The normalized spacial score (nSPS) is 10.6. The summed E-state index contributed by atoms with van der Waals surface area (Å²) in [4.78, 5) is 19.6. The van der Waals surface area contributed by atoms with Gasteiger partial charge in [-0.05, 0) is 6.07 Å². The highest BCUT2D eigenvalue weighted by molar-refractivity contribution is 6.10. The van der Waals surface area contributed by atoms with Crippen LogP contribution in [0.15, 0.2) is 24.8 Å². The third kappa shape index (κ3) is 1.61. The van der Waals surface area contributed by atoms with Crippen LogP contribution >= 0.6 is 0 Å². The summed E-state index contributed by atoms with van der Waals surface area (Å²) >= 11 is 0. The van der Waals surface area contributed by atoms with E-state index in [1.54, 1.807) is 18.5 Å². The Morgan fingerprint density at radius 3 is 3.12 bits per heavy atom. The highest BCUT2D eigenvalue weighted by Gasteiger charge is 2.14. The van der Waals surface area contributed by atoms with Crippen LogP contribution in [0.3, 0.4) is 0 Å². The van der Waals surface area contributed by atoms with Crippen LogP contribution in [0, 0.1) is 0 Å². The van der Waals surface area contributed by atoms with Crippen LogP contribution < -0.4 is 5.32 Å². The van der Waals surface area contributed by atoms with Gasteiger partial charge in [-0.3, -0.25) is 20.2 Å². The summed E-state index contributed by atoms with van der Waals surface area (Å²) in [5, 5.41) is 16.0. The molecule has 17 heavy (non-hydrogen) atoms. The van der Waals surface area contributed by atoms with Gasteiger partial charge in [-0.2, -0.15) is 15.2 Å². The van der Waals surface area contributed by atoms with Gasteiger partial charge in [-0.1, -0.05) is 0 Å². The van der Waals surface area contributed by atoms with Gasteiger partial charge in [0.1, 0.15) is 6.33 Å². The maximum absolute atomic E-state index is 11.9. The predicted octanol–water partition coefficient (Wildman–Crippen LogP) is 0.328. The average Bonchev–Trinajstić information content (AvgIpc) is 2.96. The van der Waals surface area contributed by atoms with Crippen LogP contribution in [-0.4, -0.2) is 36.3 Å². The molecule has 3 N–H and O–H groups in total. The molecule has 0 unspecified atom stereocenters. The van der Waals surface area contributed by atoms with E-state index < -0.39 is 0 Å². The fourth-order valence-electron chi connectivity index (χ4n) is 1.46. The molecule has 3 aromatic rings. The number of hydrogen-bond donors (Lipinski definition) is 3. The molecule has 0 saturated carbocycles. The van der Waals surface area contributed by atoms with Crippen LogP contribution in [0.4, 0.5) is 5.95 Å². The molecular weight excluding hydrogens is 222 g/mol.